The molecule has 2 rings (SSSR count). The molecule has 0 aliphatic rings. The number of methoxy groups -OCH3 is 1. The van der Waals surface area contributed by atoms with Crippen molar-refractivity contribution in [3.63, 3.8) is 0 Å². The van der Waals surface area contributed by atoms with E-state index in [-0.39, 0.29) is 6.04 Å². The summed E-state index contributed by atoms with van der Waals surface area (Å²) in [5.74, 6) is 0.832. The molecule has 1 aromatic heterocycles. The Kier molecular flexibility index (Phi) is 4.20. The van der Waals surface area contributed by atoms with Gasteiger partial charge in [-0.25, -0.2) is 0 Å². The van der Waals surface area contributed by atoms with E-state index in [1.807, 2.05) is 30.5 Å². The third-order valence-corrected chi connectivity index (χ3v) is 3.42. The van der Waals surface area contributed by atoms with Gasteiger partial charge in [-0.1, -0.05) is 6.07 Å². The second-order valence-electron chi connectivity index (χ2n) is 4.00. The third-order valence-electron chi connectivity index (χ3n) is 2.73. The molecule has 94 valence electrons. The molecular formula is C14H15BrN2O. The minimum atomic E-state index is 0.183. The van der Waals surface area contributed by atoms with Gasteiger partial charge in [0, 0.05) is 22.9 Å². The van der Waals surface area contributed by atoms with E-state index >= 15 is 0 Å². The van der Waals surface area contributed by atoms with Crippen molar-refractivity contribution in [2.24, 2.45) is 0 Å². The van der Waals surface area contributed by atoms with Crippen LogP contribution in [0, 0.1) is 0 Å². The predicted molar refractivity (Wildman–Crippen MR) is 77.0 cm³/mol. The Labute approximate surface area is 115 Å². The number of anilines is 1. The molecule has 3 nitrogen and oxygen atoms in total. The maximum Gasteiger partial charge on any atom is 0.121 e. The van der Waals surface area contributed by atoms with Crippen molar-refractivity contribution in [3.05, 3.63) is 52.8 Å². The lowest BCUT2D eigenvalue weighted by Crippen LogP contribution is -2.07. The molecular weight excluding hydrogens is 292 g/mol. The van der Waals surface area contributed by atoms with Crippen molar-refractivity contribution in [1.82, 2.24) is 4.98 Å². The molecule has 1 unspecified atom stereocenters. The Morgan fingerprint density at radius 3 is 2.83 bits per heavy atom. The van der Waals surface area contributed by atoms with E-state index in [9.17, 15) is 0 Å². The number of ether oxygens (including phenoxy) is 1. The van der Waals surface area contributed by atoms with Gasteiger partial charge < -0.3 is 10.1 Å². The number of rotatable bonds is 4. The number of halogens is 1. The van der Waals surface area contributed by atoms with Crippen LogP contribution in [0.15, 0.2) is 47.2 Å². The first kappa shape index (κ1) is 12.9. The van der Waals surface area contributed by atoms with Crippen molar-refractivity contribution in [1.29, 1.82) is 0 Å². The van der Waals surface area contributed by atoms with Crippen LogP contribution in [0.5, 0.6) is 5.75 Å². The first-order valence-corrected chi connectivity index (χ1v) is 6.50. The van der Waals surface area contributed by atoms with Crippen molar-refractivity contribution in [2.75, 3.05) is 12.4 Å². The lowest BCUT2D eigenvalue weighted by atomic mass is 10.1. The number of aromatic nitrogens is 1. The molecule has 0 saturated carbocycles. The van der Waals surface area contributed by atoms with E-state index in [0.717, 1.165) is 21.5 Å². The van der Waals surface area contributed by atoms with Gasteiger partial charge in [0.1, 0.15) is 5.75 Å². The Balaban J connectivity index is 2.18. The summed E-state index contributed by atoms with van der Waals surface area (Å²) in [7, 11) is 1.66. The van der Waals surface area contributed by atoms with Gasteiger partial charge in [0.2, 0.25) is 0 Å². The van der Waals surface area contributed by atoms with E-state index in [0.29, 0.717) is 0 Å². The second kappa shape index (κ2) is 5.87. The molecule has 0 bridgehead atoms. The van der Waals surface area contributed by atoms with Crippen molar-refractivity contribution in [3.8, 4) is 5.75 Å². The molecule has 2 aromatic rings. The van der Waals surface area contributed by atoms with Gasteiger partial charge >= 0.3 is 0 Å². The third kappa shape index (κ3) is 3.01. The van der Waals surface area contributed by atoms with E-state index in [1.165, 1.54) is 0 Å². The number of hydrogen-bond acceptors (Lipinski definition) is 3. The summed E-state index contributed by atoms with van der Waals surface area (Å²) in [5.41, 5.74) is 2.15. The van der Waals surface area contributed by atoms with Crippen LogP contribution in [0.25, 0.3) is 0 Å². The van der Waals surface area contributed by atoms with Crippen LogP contribution in [0.3, 0.4) is 0 Å². The number of pyridine rings is 1. The van der Waals surface area contributed by atoms with Gasteiger partial charge in [-0.2, -0.15) is 0 Å². The zero-order chi connectivity index (χ0) is 13.0. The van der Waals surface area contributed by atoms with Crippen LogP contribution in [0.1, 0.15) is 18.5 Å². The zero-order valence-electron chi connectivity index (χ0n) is 10.4. The maximum atomic E-state index is 5.22. The van der Waals surface area contributed by atoms with Crippen molar-refractivity contribution < 1.29 is 4.74 Å². The fourth-order valence-corrected chi connectivity index (χ4v) is 2.05. The summed E-state index contributed by atoms with van der Waals surface area (Å²) in [6.07, 6.45) is 3.64. The molecule has 18 heavy (non-hydrogen) atoms. The van der Waals surface area contributed by atoms with E-state index < -0.39 is 0 Å². The molecule has 1 atom stereocenters. The highest BCUT2D eigenvalue weighted by molar-refractivity contribution is 9.10. The summed E-state index contributed by atoms with van der Waals surface area (Å²) < 4.78 is 6.24. The summed E-state index contributed by atoms with van der Waals surface area (Å²) in [4.78, 5) is 4.13. The zero-order valence-corrected chi connectivity index (χ0v) is 11.9. The minimum Gasteiger partial charge on any atom is -0.497 e. The maximum absolute atomic E-state index is 5.22. The standard InChI is InChI=1S/C14H15BrN2O/c1-10(11-4-3-7-16-9-11)17-14-8-12(18-2)5-6-13(14)15/h3-10,17H,1-2H3. The van der Waals surface area contributed by atoms with Crippen molar-refractivity contribution >= 4 is 21.6 Å². The van der Waals surface area contributed by atoms with Gasteiger partial charge in [-0.05, 0) is 46.6 Å². The second-order valence-corrected chi connectivity index (χ2v) is 4.85. The van der Waals surface area contributed by atoms with E-state index in [1.54, 1.807) is 13.3 Å². The van der Waals surface area contributed by atoms with Crippen LogP contribution in [-0.4, -0.2) is 12.1 Å². The molecule has 0 saturated heterocycles. The SMILES string of the molecule is COc1ccc(Br)c(NC(C)c2cccnc2)c1. The van der Waals surface area contributed by atoms with Crippen LogP contribution < -0.4 is 10.1 Å². The highest BCUT2D eigenvalue weighted by Crippen LogP contribution is 2.30. The Morgan fingerprint density at radius 2 is 2.17 bits per heavy atom. The average Bonchev–Trinajstić information content (AvgIpc) is 2.42. The Morgan fingerprint density at radius 1 is 1.33 bits per heavy atom. The number of nitrogens with one attached hydrogen (secondary N) is 1. The Bertz CT molecular complexity index is 516. The predicted octanol–water partition coefficient (Wildman–Crippen LogP) is 4.03. The lowest BCUT2D eigenvalue weighted by molar-refractivity contribution is 0.415. The monoisotopic (exact) mass is 306 g/mol. The van der Waals surface area contributed by atoms with Crippen LogP contribution in [0.4, 0.5) is 5.69 Å². The summed E-state index contributed by atoms with van der Waals surface area (Å²) >= 11 is 3.53. The first-order chi connectivity index (χ1) is 8.70. The highest BCUT2D eigenvalue weighted by Gasteiger charge is 2.08. The number of nitrogens with zero attached hydrogens (tertiary/aromatic N) is 1. The summed E-state index contributed by atoms with van der Waals surface area (Å²) in [6.45, 7) is 2.10. The molecule has 0 radical (unpaired) electrons. The van der Waals surface area contributed by atoms with Crippen LogP contribution >= 0.6 is 15.9 Å². The van der Waals surface area contributed by atoms with Crippen LogP contribution in [0.2, 0.25) is 0 Å². The largest absolute Gasteiger partial charge is 0.497 e. The molecule has 0 amide bonds. The van der Waals surface area contributed by atoms with E-state index in [2.05, 4.69) is 39.2 Å². The van der Waals surface area contributed by atoms with Gasteiger partial charge in [-0.3, -0.25) is 4.98 Å². The van der Waals surface area contributed by atoms with Gasteiger partial charge in [0.05, 0.1) is 18.8 Å². The highest BCUT2D eigenvalue weighted by atomic mass is 79.9. The summed E-state index contributed by atoms with van der Waals surface area (Å²) in [6, 6.07) is 10.0. The molecule has 4 heteroatoms. The van der Waals surface area contributed by atoms with Gasteiger partial charge in [0.25, 0.3) is 0 Å². The molecule has 0 aliphatic carbocycles. The first-order valence-electron chi connectivity index (χ1n) is 5.70. The van der Waals surface area contributed by atoms with Gasteiger partial charge in [-0.15, -0.1) is 0 Å². The van der Waals surface area contributed by atoms with Crippen molar-refractivity contribution in [2.45, 2.75) is 13.0 Å². The molecule has 1 N–H and O–H groups in total. The van der Waals surface area contributed by atoms with Gasteiger partial charge in [0.15, 0.2) is 0 Å². The summed E-state index contributed by atoms with van der Waals surface area (Å²) in [5, 5.41) is 3.43. The fraction of sp³-hybridized carbons (Fsp3) is 0.214. The number of benzene rings is 1. The smallest absolute Gasteiger partial charge is 0.121 e. The fourth-order valence-electron chi connectivity index (χ4n) is 1.69. The lowest BCUT2D eigenvalue weighted by Gasteiger charge is -2.17. The molecule has 0 aliphatic heterocycles. The van der Waals surface area contributed by atoms with E-state index in [4.69, 9.17) is 4.74 Å². The molecule has 1 aromatic carbocycles. The molecule has 1 heterocycles. The normalized spacial score (nSPS) is 11.9. The van der Waals surface area contributed by atoms with Crippen LogP contribution in [-0.2, 0) is 0 Å². The topological polar surface area (TPSA) is 34.1 Å². The molecule has 0 fully saturated rings. The average molecular weight is 307 g/mol. The minimum absolute atomic E-state index is 0.183. The number of hydrogen-bond donors (Lipinski definition) is 1. The quantitative estimate of drug-likeness (QED) is 0.926. The molecule has 0 spiro atoms. The Hall–Kier alpha value is -1.55.